The maximum atomic E-state index is 13.2. The first kappa shape index (κ1) is 14.9. The number of hydrogen-bond acceptors (Lipinski definition) is 3. The Kier molecular flexibility index (Phi) is 3.80. The van der Waals surface area contributed by atoms with Crippen molar-refractivity contribution in [1.29, 1.82) is 0 Å². The number of pyridine rings is 1. The van der Waals surface area contributed by atoms with Gasteiger partial charge >= 0.3 is 0 Å². The molecule has 0 radical (unpaired) electrons. The number of benzene rings is 1. The number of nitrogens with zero attached hydrogens (tertiary/aromatic N) is 3. The summed E-state index contributed by atoms with van der Waals surface area (Å²) < 4.78 is 27.4. The van der Waals surface area contributed by atoms with Crippen molar-refractivity contribution in [1.82, 2.24) is 14.5 Å². The van der Waals surface area contributed by atoms with E-state index in [9.17, 15) is 13.6 Å². The van der Waals surface area contributed by atoms with Gasteiger partial charge in [0, 0.05) is 6.07 Å². The zero-order chi connectivity index (χ0) is 15.9. The van der Waals surface area contributed by atoms with Crippen molar-refractivity contribution in [3.8, 4) is 0 Å². The van der Waals surface area contributed by atoms with Crippen molar-refractivity contribution in [2.45, 2.75) is 6.54 Å². The average Bonchev–Trinajstić information content (AvgIpc) is 2.45. The van der Waals surface area contributed by atoms with Crippen molar-refractivity contribution in [3.05, 3.63) is 68.5 Å². The maximum Gasteiger partial charge on any atom is 0.264 e. The van der Waals surface area contributed by atoms with E-state index >= 15 is 0 Å². The molecule has 0 aliphatic rings. The fourth-order valence-corrected chi connectivity index (χ4v) is 2.55. The predicted octanol–water partition coefficient (Wildman–Crippen LogP) is 3.42. The van der Waals surface area contributed by atoms with Gasteiger partial charge in [-0.15, -0.1) is 0 Å². The Labute approximate surface area is 133 Å². The smallest absolute Gasteiger partial charge is 0.264 e. The molecule has 0 aliphatic heterocycles. The lowest BCUT2D eigenvalue weighted by molar-refractivity contribution is 0.506. The highest BCUT2D eigenvalue weighted by Crippen LogP contribution is 2.20. The van der Waals surface area contributed by atoms with Gasteiger partial charge in [-0.05, 0) is 17.7 Å². The summed E-state index contributed by atoms with van der Waals surface area (Å²) in [6.07, 6.45) is 1.29. The molecule has 0 atom stereocenters. The second-order valence-electron chi connectivity index (χ2n) is 4.56. The zero-order valence-electron chi connectivity index (χ0n) is 10.9. The van der Waals surface area contributed by atoms with E-state index in [2.05, 4.69) is 9.97 Å². The summed E-state index contributed by atoms with van der Waals surface area (Å²) in [5.41, 5.74) is 0.292. The molecule has 0 unspecified atom stereocenters. The van der Waals surface area contributed by atoms with Crippen LogP contribution in [0.15, 0.2) is 35.4 Å². The van der Waals surface area contributed by atoms with Crippen molar-refractivity contribution >= 4 is 34.1 Å². The minimum atomic E-state index is -0.981. The Morgan fingerprint density at radius 1 is 1.14 bits per heavy atom. The first-order chi connectivity index (χ1) is 10.5. The Balaban J connectivity index is 2.10. The van der Waals surface area contributed by atoms with Crippen LogP contribution in [0.3, 0.4) is 0 Å². The summed E-state index contributed by atoms with van der Waals surface area (Å²) in [6, 6.07) is 4.83. The summed E-state index contributed by atoms with van der Waals surface area (Å²) >= 11 is 11.7. The van der Waals surface area contributed by atoms with Gasteiger partial charge in [-0.2, -0.15) is 0 Å². The third-order valence-electron chi connectivity index (χ3n) is 3.07. The Hall–Kier alpha value is -2.05. The van der Waals surface area contributed by atoms with Gasteiger partial charge < -0.3 is 0 Å². The van der Waals surface area contributed by atoms with E-state index in [1.165, 1.54) is 23.0 Å². The van der Waals surface area contributed by atoms with Gasteiger partial charge in [-0.3, -0.25) is 9.36 Å². The molecule has 4 nitrogen and oxygen atoms in total. The standard InChI is InChI=1S/C14H7Cl2F2N3O/c15-11-4-10-12(13(16)20-11)14(22)21(6-19-10)5-7-1-2-8(17)9(18)3-7/h1-4,6H,5H2. The molecule has 2 aromatic heterocycles. The molecule has 8 heteroatoms. The van der Waals surface area contributed by atoms with E-state index in [-0.39, 0.29) is 22.2 Å². The molecule has 0 aliphatic carbocycles. The highest BCUT2D eigenvalue weighted by atomic mass is 35.5. The van der Waals surface area contributed by atoms with Crippen LogP contribution < -0.4 is 5.56 Å². The average molecular weight is 342 g/mol. The van der Waals surface area contributed by atoms with Gasteiger partial charge in [-0.1, -0.05) is 29.3 Å². The fraction of sp³-hybridized carbons (Fsp3) is 0.0714. The quantitative estimate of drug-likeness (QED) is 0.671. The minimum Gasteiger partial charge on any atom is -0.294 e. The van der Waals surface area contributed by atoms with E-state index in [0.29, 0.717) is 11.1 Å². The number of hydrogen-bond donors (Lipinski definition) is 0. The fourth-order valence-electron chi connectivity index (χ4n) is 2.05. The summed E-state index contributed by atoms with van der Waals surface area (Å²) in [7, 11) is 0. The summed E-state index contributed by atoms with van der Waals surface area (Å²) in [6.45, 7) is 0.0257. The van der Waals surface area contributed by atoms with Gasteiger partial charge in [-0.25, -0.2) is 18.7 Å². The van der Waals surface area contributed by atoms with Crippen LogP contribution >= 0.6 is 23.2 Å². The van der Waals surface area contributed by atoms with Crippen LogP contribution in [-0.4, -0.2) is 14.5 Å². The monoisotopic (exact) mass is 341 g/mol. The van der Waals surface area contributed by atoms with Crippen LogP contribution in [0.1, 0.15) is 5.56 Å². The van der Waals surface area contributed by atoms with Crippen LogP contribution in [0, 0.1) is 11.6 Å². The van der Waals surface area contributed by atoms with Crippen molar-refractivity contribution in [2.75, 3.05) is 0 Å². The highest BCUT2D eigenvalue weighted by molar-refractivity contribution is 6.36. The van der Waals surface area contributed by atoms with E-state index in [4.69, 9.17) is 23.2 Å². The van der Waals surface area contributed by atoms with Gasteiger partial charge in [0.15, 0.2) is 11.6 Å². The van der Waals surface area contributed by atoms with E-state index in [1.807, 2.05) is 0 Å². The van der Waals surface area contributed by atoms with Crippen molar-refractivity contribution in [2.24, 2.45) is 0 Å². The normalized spacial score (nSPS) is 11.1. The van der Waals surface area contributed by atoms with E-state index < -0.39 is 17.2 Å². The number of halogens is 4. The first-order valence-corrected chi connectivity index (χ1v) is 6.86. The van der Waals surface area contributed by atoms with Crippen molar-refractivity contribution in [3.63, 3.8) is 0 Å². The molecule has 0 amide bonds. The number of aromatic nitrogens is 3. The van der Waals surface area contributed by atoms with E-state index in [0.717, 1.165) is 12.1 Å². The molecule has 2 heterocycles. The molecule has 3 rings (SSSR count). The summed E-state index contributed by atoms with van der Waals surface area (Å²) in [4.78, 5) is 20.3. The topological polar surface area (TPSA) is 47.8 Å². The SMILES string of the molecule is O=c1c2c(Cl)nc(Cl)cc2ncn1Cc1ccc(F)c(F)c1. The predicted molar refractivity (Wildman–Crippen MR) is 79.3 cm³/mol. The molecule has 0 saturated carbocycles. The van der Waals surface area contributed by atoms with Gasteiger partial charge in [0.25, 0.3) is 5.56 Å². The third-order valence-corrected chi connectivity index (χ3v) is 3.54. The molecule has 0 bridgehead atoms. The molecular weight excluding hydrogens is 335 g/mol. The van der Waals surface area contributed by atoms with Gasteiger partial charge in [0.2, 0.25) is 0 Å². The molecule has 0 fully saturated rings. The molecule has 1 aromatic carbocycles. The molecule has 3 aromatic rings. The van der Waals surface area contributed by atoms with E-state index in [1.54, 1.807) is 0 Å². The Morgan fingerprint density at radius 3 is 2.64 bits per heavy atom. The van der Waals surface area contributed by atoms with Crippen LogP contribution in [-0.2, 0) is 6.54 Å². The largest absolute Gasteiger partial charge is 0.294 e. The summed E-state index contributed by atoms with van der Waals surface area (Å²) in [5.74, 6) is -1.93. The molecular formula is C14H7Cl2F2N3O. The zero-order valence-corrected chi connectivity index (χ0v) is 12.4. The summed E-state index contributed by atoms with van der Waals surface area (Å²) in [5, 5.41) is 0.193. The lowest BCUT2D eigenvalue weighted by atomic mass is 10.2. The van der Waals surface area contributed by atoms with Crippen LogP contribution in [0.5, 0.6) is 0 Å². The van der Waals surface area contributed by atoms with Crippen LogP contribution in [0.25, 0.3) is 10.9 Å². The second kappa shape index (κ2) is 5.62. The third kappa shape index (κ3) is 2.67. The lowest BCUT2D eigenvalue weighted by Crippen LogP contribution is -2.21. The molecule has 0 N–H and O–H groups in total. The van der Waals surface area contributed by atoms with Crippen molar-refractivity contribution < 1.29 is 8.78 Å². The lowest BCUT2D eigenvalue weighted by Gasteiger charge is -2.08. The van der Waals surface area contributed by atoms with Crippen LogP contribution in [0.2, 0.25) is 10.3 Å². The minimum absolute atomic E-state index is 0.0257. The second-order valence-corrected chi connectivity index (χ2v) is 5.30. The first-order valence-electron chi connectivity index (χ1n) is 6.11. The van der Waals surface area contributed by atoms with Gasteiger partial charge in [0.05, 0.1) is 18.4 Å². The maximum absolute atomic E-state index is 13.2. The Morgan fingerprint density at radius 2 is 1.91 bits per heavy atom. The van der Waals surface area contributed by atoms with Crippen LogP contribution in [0.4, 0.5) is 8.78 Å². The number of fused-ring (bicyclic) bond motifs is 1. The Bertz CT molecular complexity index is 943. The highest BCUT2D eigenvalue weighted by Gasteiger charge is 2.11. The molecule has 112 valence electrons. The number of rotatable bonds is 2. The molecule has 22 heavy (non-hydrogen) atoms. The molecule has 0 saturated heterocycles. The van der Waals surface area contributed by atoms with Gasteiger partial charge in [0.1, 0.15) is 15.7 Å². The molecule has 0 spiro atoms.